The molecule has 7 nitrogen and oxygen atoms in total. The summed E-state index contributed by atoms with van der Waals surface area (Å²) in [6.45, 7) is 2.43. The largest absolute Gasteiger partial charge is 0.330 e. The second kappa shape index (κ2) is 9.24. The quantitative estimate of drug-likeness (QED) is 0.362. The standard InChI is InChI=1S/C31H34N4O3S/c1-23-13-15-25(16-14-23)39(37,38)35-21-28(26-11-7-8-12-27(26)35)34-22-30(32-29(34)36)17-19-31(20-18-30,33(2)3)24-9-5-4-6-10-24/h4-16,21H,17-20,22H2,1-3H3,(H,32,36)/t30-,31-. The summed E-state index contributed by atoms with van der Waals surface area (Å²) in [5.41, 5.74) is 3.02. The average molecular weight is 543 g/mol. The summed E-state index contributed by atoms with van der Waals surface area (Å²) in [6, 6.07) is 24.7. The molecular formula is C31H34N4O3S. The predicted molar refractivity (Wildman–Crippen MR) is 155 cm³/mol. The molecule has 0 unspecified atom stereocenters. The fourth-order valence-corrected chi connectivity index (χ4v) is 7.80. The molecule has 8 heteroatoms. The van der Waals surface area contributed by atoms with Crippen LogP contribution in [0, 0.1) is 6.92 Å². The second-order valence-electron chi connectivity index (χ2n) is 11.2. The maximum atomic E-state index is 13.7. The summed E-state index contributed by atoms with van der Waals surface area (Å²) < 4.78 is 28.7. The fraction of sp³-hybridized carbons (Fsp3) is 0.323. The number of anilines is 1. The summed E-state index contributed by atoms with van der Waals surface area (Å²) in [5.74, 6) is 0. The minimum absolute atomic E-state index is 0.0806. The monoisotopic (exact) mass is 542 g/mol. The smallest absolute Gasteiger partial charge is 0.322 e. The van der Waals surface area contributed by atoms with Crippen molar-refractivity contribution in [3.63, 3.8) is 0 Å². The van der Waals surface area contributed by atoms with Crippen molar-refractivity contribution < 1.29 is 13.2 Å². The van der Waals surface area contributed by atoms with Crippen LogP contribution in [0.2, 0.25) is 0 Å². The number of rotatable bonds is 5. The zero-order valence-electron chi connectivity index (χ0n) is 22.6. The highest BCUT2D eigenvalue weighted by molar-refractivity contribution is 7.90. The summed E-state index contributed by atoms with van der Waals surface area (Å²) in [6.07, 6.45) is 5.12. The molecule has 0 bridgehead atoms. The Kier molecular flexibility index (Phi) is 6.08. The molecule has 0 atom stereocenters. The van der Waals surface area contributed by atoms with Gasteiger partial charge in [0.15, 0.2) is 0 Å². The lowest BCUT2D eigenvalue weighted by atomic mass is 9.69. The van der Waals surface area contributed by atoms with Crippen molar-refractivity contribution in [2.24, 2.45) is 0 Å². The number of urea groups is 1. The lowest BCUT2D eigenvalue weighted by molar-refractivity contribution is 0.0658. The van der Waals surface area contributed by atoms with Crippen LogP contribution in [0.1, 0.15) is 36.8 Å². The maximum Gasteiger partial charge on any atom is 0.322 e. The Bertz CT molecular complexity index is 1630. The van der Waals surface area contributed by atoms with Gasteiger partial charge in [-0.15, -0.1) is 0 Å². The van der Waals surface area contributed by atoms with Gasteiger partial charge in [0.1, 0.15) is 0 Å². The van der Waals surface area contributed by atoms with Crippen LogP contribution in [-0.2, 0) is 15.6 Å². The van der Waals surface area contributed by atoms with Gasteiger partial charge in [0.2, 0.25) is 0 Å². The highest BCUT2D eigenvalue weighted by Gasteiger charge is 2.50. The molecule has 1 aliphatic heterocycles. The van der Waals surface area contributed by atoms with E-state index in [-0.39, 0.29) is 22.0 Å². The van der Waals surface area contributed by atoms with Crippen LogP contribution in [-0.4, -0.2) is 49.5 Å². The lowest BCUT2D eigenvalue weighted by Gasteiger charge is -2.48. The van der Waals surface area contributed by atoms with Crippen LogP contribution in [0.4, 0.5) is 10.5 Å². The zero-order chi connectivity index (χ0) is 27.4. The third-order valence-electron chi connectivity index (χ3n) is 8.81. The number of aromatic nitrogens is 1. The number of amides is 2. The number of aryl methyl sites for hydroxylation is 1. The number of carbonyl (C=O) groups is 1. The first-order valence-corrected chi connectivity index (χ1v) is 14.8. The predicted octanol–water partition coefficient (Wildman–Crippen LogP) is 5.49. The molecule has 1 N–H and O–H groups in total. The van der Waals surface area contributed by atoms with E-state index in [1.807, 2.05) is 31.2 Å². The molecule has 2 aliphatic rings. The molecule has 4 aromatic rings. The molecule has 1 aromatic heterocycles. The number of nitrogens with one attached hydrogen (secondary N) is 1. The summed E-state index contributed by atoms with van der Waals surface area (Å²) >= 11 is 0. The average Bonchev–Trinajstić information content (AvgIpc) is 3.48. The number of nitrogens with zero attached hydrogens (tertiary/aromatic N) is 3. The van der Waals surface area contributed by atoms with Gasteiger partial charge in [-0.05, 0) is 70.5 Å². The molecule has 1 saturated heterocycles. The molecule has 0 radical (unpaired) electrons. The lowest BCUT2D eigenvalue weighted by Crippen LogP contribution is -2.54. The molecular weight excluding hydrogens is 508 g/mol. The summed E-state index contributed by atoms with van der Waals surface area (Å²) in [7, 11) is 0.421. The Morgan fingerprint density at radius 1 is 0.846 bits per heavy atom. The van der Waals surface area contributed by atoms with E-state index in [9.17, 15) is 13.2 Å². The minimum atomic E-state index is -3.84. The number of para-hydroxylation sites is 1. The van der Waals surface area contributed by atoms with Gasteiger partial charge < -0.3 is 5.32 Å². The molecule has 1 saturated carbocycles. The van der Waals surface area contributed by atoms with E-state index in [2.05, 4.69) is 48.6 Å². The van der Waals surface area contributed by atoms with Crippen molar-refractivity contribution >= 4 is 32.6 Å². The number of hydrogen-bond acceptors (Lipinski definition) is 4. The number of carbonyl (C=O) groups excluding carboxylic acids is 1. The third kappa shape index (κ3) is 4.13. The van der Waals surface area contributed by atoms with Gasteiger partial charge in [-0.1, -0.05) is 66.2 Å². The first-order valence-electron chi connectivity index (χ1n) is 13.4. The van der Waals surface area contributed by atoms with E-state index in [0.717, 1.165) is 36.6 Å². The Morgan fingerprint density at radius 3 is 2.15 bits per heavy atom. The molecule has 3 aromatic carbocycles. The van der Waals surface area contributed by atoms with E-state index in [1.165, 1.54) is 9.54 Å². The first-order chi connectivity index (χ1) is 18.7. The fourth-order valence-electron chi connectivity index (χ4n) is 6.44. The van der Waals surface area contributed by atoms with Crippen molar-refractivity contribution in [3.05, 3.63) is 96.2 Å². The third-order valence-corrected chi connectivity index (χ3v) is 10.5. The highest BCUT2D eigenvalue weighted by atomic mass is 32.2. The normalized spacial score (nSPS) is 23.6. The van der Waals surface area contributed by atoms with Crippen molar-refractivity contribution in [2.45, 2.75) is 48.6 Å². The molecule has 2 fully saturated rings. The van der Waals surface area contributed by atoms with Gasteiger partial charge in [-0.3, -0.25) is 9.80 Å². The second-order valence-corrected chi connectivity index (χ2v) is 13.0. The van der Waals surface area contributed by atoms with E-state index < -0.39 is 10.0 Å². The van der Waals surface area contributed by atoms with Crippen molar-refractivity contribution in [3.8, 4) is 0 Å². The van der Waals surface area contributed by atoms with Gasteiger partial charge in [0.25, 0.3) is 10.0 Å². The van der Waals surface area contributed by atoms with Gasteiger partial charge in [0, 0.05) is 17.1 Å². The number of benzene rings is 3. The van der Waals surface area contributed by atoms with Crippen LogP contribution >= 0.6 is 0 Å². The van der Waals surface area contributed by atoms with Gasteiger partial charge in [0.05, 0.1) is 28.2 Å². The van der Waals surface area contributed by atoms with Crippen LogP contribution in [0.5, 0.6) is 0 Å². The van der Waals surface area contributed by atoms with Gasteiger partial charge in [-0.2, -0.15) is 0 Å². The minimum Gasteiger partial charge on any atom is -0.330 e. The zero-order valence-corrected chi connectivity index (χ0v) is 23.4. The highest BCUT2D eigenvalue weighted by Crippen LogP contribution is 2.47. The molecule has 1 aliphatic carbocycles. The van der Waals surface area contributed by atoms with E-state index in [4.69, 9.17) is 0 Å². The Labute approximate surface area is 230 Å². The molecule has 39 heavy (non-hydrogen) atoms. The Hall–Kier alpha value is -3.62. The summed E-state index contributed by atoms with van der Waals surface area (Å²) in [5, 5.41) is 4.05. The van der Waals surface area contributed by atoms with Crippen LogP contribution in [0.15, 0.2) is 90.0 Å². The molecule has 2 amide bonds. The molecule has 2 heterocycles. The van der Waals surface area contributed by atoms with Crippen LogP contribution in [0.25, 0.3) is 10.9 Å². The molecule has 202 valence electrons. The van der Waals surface area contributed by atoms with E-state index >= 15 is 0 Å². The SMILES string of the molecule is Cc1ccc(S(=O)(=O)n2cc(N3C[C@]4(CC[C@@](c5ccccc5)(N(C)C)CC4)NC3=O)c3ccccc32)cc1. The molecule has 6 rings (SSSR count). The topological polar surface area (TPSA) is 74.7 Å². The van der Waals surface area contributed by atoms with Crippen molar-refractivity contribution in [2.75, 3.05) is 25.5 Å². The number of fused-ring (bicyclic) bond motifs is 1. The Balaban J connectivity index is 1.33. The van der Waals surface area contributed by atoms with Gasteiger partial charge >= 0.3 is 6.03 Å². The Morgan fingerprint density at radius 2 is 1.49 bits per heavy atom. The number of hydrogen-bond donors (Lipinski definition) is 1. The van der Waals surface area contributed by atoms with E-state index in [0.29, 0.717) is 17.7 Å². The van der Waals surface area contributed by atoms with Crippen molar-refractivity contribution in [1.82, 2.24) is 14.2 Å². The van der Waals surface area contributed by atoms with Crippen molar-refractivity contribution in [1.29, 1.82) is 0 Å². The van der Waals surface area contributed by atoms with Crippen LogP contribution in [0.3, 0.4) is 0 Å². The van der Waals surface area contributed by atoms with Crippen LogP contribution < -0.4 is 10.2 Å². The summed E-state index contributed by atoms with van der Waals surface area (Å²) in [4.78, 5) is 17.7. The first kappa shape index (κ1) is 25.6. The van der Waals surface area contributed by atoms with E-state index in [1.54, 1.807) is 41.4 Å². The van der Waals surface area contributed by atoms with Gasteiger partial charge in [-0.25, -0.2) is 17.2 Å². The molecule has 1 spiro atoms. The maximum absolute atomic E-state index is 13.7.